The molecular formula is C11H15NO3. The maximum atomic E-state index is 10.9. The van der Waals surface area contributed by atoms with Crippen LogP contribution in [0.25, 0.3) is 0 Å². The first kappa shape index (κ1) is 10.2. The van der Waals surface area contributed by atoms with Gasteiger partial charge in [0.25, 0.3) is 0 Å². The molecule has 0 radical (unpaired) electrons. The van der Waals surface area contributed by atoms with Gasteiger partial charge in [-0.15, -0.1) is 0 Å². The van der Waals surface area contributed by atoms with Crippen LogP contribution in [0.5, 0.6) is 0 Å². The van der Waals surface area contributed by atoms with Crippen LogP contribution in [-0.2, 0) is 6.42 Å². The van der Waals surface area contributed by atoms with E-state index in [1.165, 1.54) is 0 Å². The second-order valence-electron chi connectivity index (χ2n) is 4.51. The molecule has 82 valence electrons. The summed E-state index contributed by atoms with van der Waals surface area (Å²) in [5.41, 5.74) is 0.597. The first-order chi connectivity index (χ1) is 7.08. The average molecular weight is 209 g/mol. The van der Waals surface area contributed by atoms with Crippen molar-refractivity contribution in [3.05, 3.63) is 17.3 Å². The Kier molecular flexibility index (Phi) is 2.50. The van der Waals surface area contributed by atoms with E-state index in [0.717, 1.165) is 12.8 Å². The van der Waals surface area contributed by atoms with Crippen molar-refractivity contribution in [1.29, 1.82) is 0 Å². The van der Waals surface area contributed by atoms with Gasteiger partial charge < -0.3 is 9.52 Å². The number of hydrogen-bond acceptors (Lipinski definition) is 3. The summed E-state index contributed by atoms with van der Waals surface area (Å²) in [7, 11) is 0. The van der Waals surface area contributed by atoms with Gasteiger partial charge in [-0.1, -0.05) is 13.8 Å². The average Bonchev–Trinajstić information content (AvgIpc) is 2.88. The number of nitrogens with zero attached hydrogens (tertiary/aromatic N) is 1. The van der Waals surface area contributed by atoms with Crippen molar-refractivity contribution in [2.45, 2.75) is 39.0 Å². The highest BCUT2D eigenvalue weighted by molar-refractivity contribution is 5.85. The smallest absolute Gasteiger partial charge is 0.373 e. The minimum Gasteiger partial charge on any atom is -0.475 e. The van der Waals surface area contributed by atoms with Crippen LogP contribution < -0.4 is 0 Å². The van der Waals surface area contributed by atoms with E-state index in [2.05, 4.69) is 4.98 Å². The lowest BCUT2D eigenvalue weighted by atomic mass is 10.1. The summed E-state index contributed by atoms with van der Waals surface area (Å²) >= 11 is 0. The molecule has 0 bridgehead atoms. The highest BCUT2D eigenvalue weighted by Gasteiger charge is 2.31. The van der Waals surface area contributed by atoms with E-state index in [9.17, 15) is 4.79 Å². The number of aromatic nitrogens is 1. The van der Waals surface area contributed by atoms with E-state index in [4.69, 9.17) is 9.52 Å². The molecule has 0 amide bonds. The Hall–Kier alpha value is -1.32. The normalized spacial score (nSPS) is 15.9. The van der Waals surface area contributed by atoms with Gasteiger partial charge in [-0.05, 0) is 25.2 Å². The van der Waals surface area contributed by atoms with Gasteiger partial charge >= 0.3 is 5.97 Å². The van der Waals surface area contributed by atoms with Gasteiger partial charge in [-0.3, -0.25) is 0 Å². The number of carboxylic acids is 1. The Morgan fingerprint density at radius 2 is 2.27 bits per heavy atom. The van der Waals surface area contributed by atoms with Gasteiger partial charge in [0.1, 0.15) is 0 Å². The number of hydrogen-bond donors (Lipinski definition) is 1. The third kappa shape index (κ3) is 2.19. The number of oxazole rings is 1. The van der Waals surface area contributed by atoms with E-state index in [0.29, 0.717) is 29.8 Å². The lowest BCUT2D eigenvalue weighted by molar-refractivity contribution is 0.0658. The van der Waals surface area contributed by atoms with E-state index < -0.39 is 5.97 Å². The summed E-state index contributed by atoms with van der Waals surface area (Å²) in [5.74, 6) is 0.392. The van der Waals surface area contributed by atoms with Crippen LogP contribution in [-0.4, -0.2) is 16.1 Å². The second kappa shape index (κ2) is 3.68. The van der Waals surface area contributed by atoms with Crippen LogP contribution in [0.4, 0.5) is 0 Å². The summed E-state index contributed by atoms with van der Waals surface area (Å²) in [6.07, 6.45) is 2.80. The predicted molar refractivity (Wildman–Crippen MR) is 54.0 cm³/mol. The summed E-state index contributed by atoms with van der Waals surface area (Å²) in [5, 5.41) is 8.96. The molecule has 0 unspecified atom stereocenters. The molecule has 0 saturated heterocycles. The van der Waals surface area contributed by atoms with Gasteiger partial charge in [-0.25, -0.2) is 9.78 Å². The van der Waals surface area contributed by atoms with Gasteiger partial charge in [0, 0.05) is 5.92 Å². The van der Waals surface area contributed by atoms with Crippen molar-refractivity contribution < 1.29 is 14.3 Å². The zero-order valence-corrected chi connectivity index (χ0v) is 8.99. The van der Waals surface area contributed by atoms with Gasteiger partial charge in [-0.2, -0.15) is 0 Å². The predicted octanol–water partition coefficient (Wildman–Crippen LogP) is 2.45. The van der Waals surface area contributed by atoms with Crippen LogP contribution in [0.3, 0.4) is 0 Å². The fraction of sp³-hybridized carbons (Fsp3) is 0.636. The number of carbonyl (C=O) groups is 1. The van der Waals surface area contributed by atoms with Crippen LogP contribution in [0.1, 0.15) is 54.7 Å². The zero-order valence-electron chi connectivity index (χ0n) is 8.99. The second-order valence-corrected chi connectivity index (χ2v) is 4.51. The first-order valence-corrected chi connectivity index (χ1v) is 5.30. The standard InChI is InChI=1S/C11H15NO3/c1-6(2)5-8-9(11(13)14)15-10(12-8)7-3-4-7/h6-7H,3-5H2,1-2H3,(H,13,14). The zero-order chi connectivity index (χ0) is 11.0. The van der Waals surface area contributed by atoms with E-state index >= 15 is 0 Å². The molecule has 1 heterocycles. The van der Waals surface area contributed by atoms with Crippen molar-refractivity contribution in [3.8, 4) is 0 Å². The molecule has 0 aromatic carbocycles. The monoisotopic (exact) mass is 209 g/mol. The largest absolute Gasteiger partial charge is 0.475 e. The molecule has 4 nitrogen and oxygen atoms in total. The molecule has 1 saturated carbocycles. The molecule has 1 aliphatic carbocycles. The summed E-state index contributed by atoms with van der Waals surface area (Å²) in [6.45, 7) is 4.08. The van der Waals surface area contributed by atoms with Crippen LogP contribution in [0, 0.1) is 5.92 Å². The van der Waals surface area contributed by atoms with Gasteiger partial charge in [0.15, 0.2) is 5.89 Å². The van der Waals surface area contributed by atoms with Crippen molar-refractivity contribution in [1.82, 2.24) is 4.98 Å². The maximum Gasteiger partial charge on any atom is 0.373 e. The molecule has 0 atom stereocenters. The SMILES string of the molecule is CC(C)Cc1nc(C2CC2)oc1C(=O)O. The van der Waals surface area contributed by atoms with E-state index in [1.54, 1.807) is 0 Å². The van der Waals surface area contributed by atoms with Crippen LogP contribution in [0.2, 0.25) is 0 Å². The molecule has 1 fully saturated rings. The third-order valence-corrected chi connectivity index (χ3v) is 2.44. The fourth-order valence-electron chi connectivity index (χ4n) is 1.57. The summed E-state index contributed by atoms with van der Waals surface area (Å²) < 4.78 is 5.29. The Bertz CT molecular complexity index is 377. The Morgan fingerprint density at radius 3 is 2.73 bits per heavy atom. The van der Waals surface area contributed by atoms with Gasteiger partial charge in [0.05, 0.1) is 5.69 Å². The molecule has 15 heavy (non-hydrogen) atoms. The quantitative estimate of drug-likeness (QED) is 0.827. The Labute approximate surface area is 88.3 Å². The Morgan fingerprint density at radius 1 is 1.60 bits per heavy atom. The maximum absolute atomic E-state index is 10.9. The highest BCUT2D eigenvalue weighted by Crippen LogP contribution is 2.40. The van der Waals surface area contributed by atoms with Crippen molar-refractivity contribution in [2.75, 3.05) is 0 Å². The van der Waals surface area contributed by atoms with Crippen LogP contribution in [0.15, 0.2) is 4.42 Å². The van der Waals surface area contributed by atoms with E-state index in [1.807, 2.05) is 13.8 Å². The van der Waals surface area contributed by atoms with Crippen LogP contribution >= 0.6 is 0 Å². The number of aromatic carboxylic acids is 1. The molecule has 4 heteroatoms. The lowest BCUT2D eigenvalue weighted by Crippen LogP contribution is -2.03. The minimum atomic E-state index is -1.01. The molecule has 0 aliphatic heterocycles. The van der Waals surface area contributed by atoms with Gasteiger partial charge in [0.2, 0.25) is 5.76 Å². The van der Waals surface area contributed by atoms with Crippen molar-refractivity contribution in [3.63, 3.8) is 0 Å². The summed E-state index contributed by atoms with van der Waals surface area (Å²) in [6, 6.07) is 0. The molecule has 1 aromatic heterocycles. The van der Waals surface area contributed by atoms with E-state index in [-0.39, 0.29) is 5.76 Å². The third-order valence-electron chi connectivity index (χ3n) is 2.44. The summed E-state index contributed by atoms with van der Waals surface area (Å²) in [4.78, 5) is 15.2. The highest BCUT2D eigenvalue weighted by atomic mass is 16.4. The molecule has 1 aliphatic rings. The minimum absolute atomic E-state index is 0.0330. The lowest BCUT2D eigenvalue weighted by Gasteiger charge is -1.99. The molecular weight excluding hydrogens is 194 g/mol. The molecule has 0 spiro atoms. The van der Waals surface area contributed by atoms with Crippen molar-refractivity contribution in [2.24, 2.45) is 5.92 Å². The first-order valence-electron chi connectivity index (χ1n) is 5.30. The Balaban J connectivity index is 2.28. The number of carboxylic acid groups (broad SMARTS) is 1. The van der Waals surface area contributed by atoms with Crippen molar-refractivity contribution >= 4 is 5.97 Å². The topological polar surface area (TPSA) is 63.3 Å². The molecule has 2 rings (SSSR count). The molecule has 1 aromatic rings. The number of rotatable bonds is 4. The fourth-order valence-corrected chi connectivity index (χ4v) is 1.57. The molecule has 1 N–H and O–H groups in total.